The number of rotatable bonds is 0. The zero-order valence-corrected chi connectivity index (χ0v) is 6.96. The molecule has 0 bridgehead atoms. The molecule has 0 amide bonds. The van der Waals surface area contributed by atoms with Crippen LogP contribution in [0.2, 0.25) is 0 Å². The van der Waals surface area contributed by atoms with Gasteiger partial charge in [0.1, 0.15) is 0 Å². The summed E-state index contributed by atoms with van der Waals surface area (Å²) in [6.07, 6.45) is 4.83. The van der Waals surface area contributed by atoms with Gasteiger partial charge in [-0.15, -0.1) is 0 Å². The van der Waals surface area contributed by atoms with Crippen molar-refractivity contribution < 1.29 is 0 Å². The van der Waals surface area contributed by atoms with Gasteiger partial charge in [0.05, 0.1) is 0 Å². The minimum atomic E-state index is 0.457. The molecule has 46 valence electrons. The Hall–Kier alpha value is 0.220. The van der Waals surface area contributed by atoms with E-state index in [1.54, 1.807) is 0 Å². The number of hydrogen-bond acceptors (Lipinski definition) is 0. The summed E-state index contributed by atoms with van der Waals surface area (Å²) in [6, 6.07) is 0. The summed E-state index contributed by atoms with van der Waals surface area (Å²) in [5.41, 5.74) is 0.457. The van der Waals surface area contributed by atoms with Gasteiger partial charge in [-0.25, -0.2) is 0 Å². The van der Waals surface area contributed by atoms with E-state index in [-0.39, 0.29) is 0 Å². The highest BCUT2D eigenvalue weighted by atomic mass is 79.9. The van der Waals surface area contributed by atoms with Crippen LogP contribution in [0.1, 0.15) is 26.7 Å². The van der Waals surface area contributed by atoms with Gasteiger partial charge in [-0.2, -0.15) is 0 Å². The first-order valence-corrected chi connectivity index (χ1v) is 3.77. The largest absolute Gasteiger partial charge is 0.0687 e. The fourth-order valence-electron chi connectivity index (χ4n) is 1.01. The molecule has 0 unspecified atom stereocenters. The van der Waals surface area contributed by atoms with Gasteiger partial charge in [-0.05, 0) is 22.7 Å². The molecule has 0 aromatic carbocycles. The van der Waals surface area contributed by atoms with Crippen molar-refractivity contribution in [3.8, 4) is 0 Å². The molecule has 0 nitrogen and oxygen atoms in total. The van der Waals surface area contributed by atoms with Crippen molar-refractivity contribution in [2.75, 3.05) is 0 Å². The molecular formula is C7H11Br. The lowest BCUT2D eigenvalue weighted by molar-refractivity contribution is 0.470. The highest BCUT2D eigenvalue weighted by molar-refractivity contribution is 9.11. The van der Waals surface area contributed by atoms with Crippen LogP contribution in [0.5, 0.6) is 0 Å². The monoisotopic (exact) mass is 174 g/mol. The second-order valence-corrected chi connectivity index (χ2v) is 4.10. The van der Waals surface area contributed by atoms with Crippen LogP contribution in [-0.4, -0.2) is 0 Å². The molecule has 0 fully saturated rings. The van der Waals surface area contributed by atoms with Gasteiger partial charge in [0.15, 0.2) is 0 Å². The maximum absolute atomic E-state index is 3.47. The summed E-state index contributed by atoms with van der Waals surface area (Å²) in [5, 5.41) is 0. The number of allylic oxidation sites excluding steroid dienone is 2. The molecule has 0 spiro atoms. The van der Waals surface area contributed by atoms with Crippen molar-refractivity contribution in [2.24, 2.45) is 5.41 Å². The van der Waals surface area contributed by atoms with Crippen LogP contribution in [0.15, 0.2) is 10.6 Å². The maximum atomic E-state index is 3.47. The lowest BCUT2D eigenvalue weighted by Gasteiger charge is -2.11. The molecular weight excluding hydrogens is 164 g/mol. The van der Waals surface area contributed by atoms with Crippen molar-refractivity contribution in [1.82, 2.24) is 0 Å². The van der Waals surface area contributed by atoms with Crippen molar-refractivity contribution in [3.05, 3.63) is 10.6 Å². The Morgan fingerprint density at radius 2 is 2.25 bits per heavy atom. The van der Waals surface area contributed by atoms with Crippen molar-refractivity contribution in [3.63, 3.8) is 0 Å². The van der Waals surface area contributed by atoms with E-state index < -0.39 is 0 Å². The SMILES string of the molecule is CC1(C)C=C(Br)CC1. The van der Waals surface area contributed by atoms with E-state index in [1.165, 1.54) is 17.3 Å². The summed E-state index contributed by atoms with van der Waals surface area (Å²) in [6.45, 7) is 4.53. The Morgan fingerprint density at radius 1 is 1.62 bits per heavy atom. The Labute approximate surface area is 59.1 Å². The van der Waals surface area contributed by atoms with Gasteiger partial charge in [0.2, 0.25) is 0 Å². The Bertz CT molecular complexity index is 122. The third-order valence-electron chi connectivity index (χ3n) is 1.56. The summed E-state index contributed by atoms with van der Waals surface area (Å²) in [5.74, 6) is 0. The first-order valence-electron chi connectivity index (χ1n) is 2.97. The van der Waals surface area contributed by atoms with E-state index >= 15 is 0 Å². The molecule has 1 heteroatoms. The Morgan fingerprint density at radius 3 is 2.38 bits per heavy atom. The van der Waals surface area contributed by atoms with Gasteiger partial charge in [0.25, 0.3) is 0 Å². The number of halogens is 1. The van der Waals surface area contributed by atoms with Gasteiger partial charge in [-0.1, -0.05) is 35.9 Å². The first-order chi connectivity index (χ1) is 3.60. The molecule has 1 aliphatic carbocycles. The van der Waals surface area contributed by atoms with Crippen LogP contribution in [0, 0.1) is 5.41 Å². The fraction of sp³-hybridized carbons (Fsp3) is 0.714. The maximum Gasteiger partial charge on any atom is -0.00835 e. The topological polar surface area (TPSA) is 0 Å². The Balaban J connectivity index is 2.67. The molecule has 8 heavy (non-hydrogen) atoms. The van der Waals surface area contributed by atoms with Crippen LogP contribution < -0.4 is 0 Å². The molecule has 0 aromatic rings. The summed E-state index contributed by atoms with van der Waals surface area (Å²) in [7, 11) is 0. The summed E-state index contributed by atoms with van der Waals surface area (Å²) in [4.78, 5) is 0. The van der Waals surface area contributed by atoms with Gasteiger partial charge >= 0.3 is 0 Å². The average Bonchev–Trinajstić information content (AvgIpc) is 1.82. The molecule has 0 radical (unpaired) electrons. The minimum absolute atomic E-state index is 0.457. The van der Waals surface area contributed by atoms with Crippen molar-refractivity contribution in [2.45, 2.75) is 26.7 Å². The van der Waals surface area contributed by atoms with E-state index in [4.69, 9.17) is 0 Å². The molecule has 0 atom stereocenters. The lowest BCUT2D eigenvalue weighted by Crippen LogP contribution is -2.00. The molecule has 0 aromatic heterocycles. The molecule has 0 aliphatic heterocycles. The van der Waals surface area contributed by atoms with E-state index in [9.17, 15) is 0 Å². The predicted octanol–water partition coefficient (Wildman–Crippen LogP) is 3.09. The molecule has 0 saturated carbocycles. The molecule has 1 aliphatic rings. The minimum Gasteiger partial charge on any atom is -0.0687 e. The lowest BCUT2D eigenvalue weighted by atomic mass is 9.94. The van der Waals surface area contributed by atoms with Gasteiger partial charge in [0, 0.05) is 0 Å². The Kier molecular flexibility index (Phi) is 1.48. The van der Waals surface area contributed by atoms with Gasteiger partial charge < -0.3 is 0 Å². The standard InChI is InChI=1S/C7H11Br/c1-7(2)4-3-6(8)5-7/h5H,3-4H2,1-2H3. The van der Waals surface area contributed by atoms with Crippen LogP contribution in [0.4, 0.5) is 0 Å². The van der Waals surface area contributed by atoms with Crippen LogP contribution in [0.25, 0.3) is 0 Å². The molecule has 0 N–H and O–H groups in total. The predicted molar refractivity (Wildman–Crippen MR) is 40.0 cm³/mol. The van der Waals surface area contributed by atoms with Gasteiger partial charge in [-0.3, -0.25) is 0 Å². The second kappa shape index (κ2) is 1.87. The van der Waals surface area contributed by atoms with E-state index in [0.717, 1.165) is 0 Å². The molecule has 0 saturated heterocycles. The van der Waals surface area contributed by atoms with Crippen LogP contribution in [-0.2, 0) is 0 Å². The quantitative estimate of drug-likeness (QED) is 0.530. The first kappa shape index (κ1) is 6.34. The normalized spacial score (nSPS) is 25.6. The second-order valence-electron chi connectivity index (χ2n) is 3.08. The zero-order valence-electron chi connectivity index (χ0n) is 5.37. The zero-order chi connectivity index (χ0) is 6.20. The van der Waals surface area contributed by atoms with Crippen LogP contribution >= 0.6 is 15.9 Å². The highest BCUT2D eigenvalue weighted by Gasteiger charge is 2.20. The van der Waals surface area contributed by atoms with E-state index in [0.29, 0.717) is 5.41 Å². The van der Waals surface area contributed by atoms with Crippen LogP contribution in [0.3, 0.4) is 0 Å². The summed E-state index contributed by atoms with van der Waals surface area (Å²) >= 11 is 3.47. The molecule has 1 rings (SSSR count). The average molecular weight is 175 g/mol. The van der Waals surface area contributed by atoms with E-state index in [1.807, 2.05) is 0 Å². The van der Waals surface area contributed by atoms with E-state index in [2.05, 4.69) is 35.9 Å². The fourth-order valence-corrected chi connectivity index (χ4v) is 1.83. The van der Waals surface area contributed by atoms with Crippen molar-refractivity contribution in [1.29, 1.82) is 0 Å². The molecule has 0 heterocycles. The number of hydrogen-bond donors (Lipinski definition) is 0. The smallest absolute Gasteiger partial charge is 0.00835 e. The third kappa shape index (κ3) is 1.35. The third-order valence-corrected chi connectivity index (χ3v) is 2.18. The highest BCUT2D eigenvalue weighted by Crippen LogP contribution is 2.37. The van der Waals surface area contributed by atoms with Crippen molar-refractivity contribution >= 4 is 15.9 Å². The summed E-state index contributed by atoms with van der Waals surface area (Å²) < 4.78 is 1.38.